The van der Waals surface area contributed by atoms with E-state index in [1.165, 1.54) is 0 Å². The number of β-amino-alcohol motifs (C(OH)–C–C–N with tert-alkyl or cyclic N) is 1. The number of rotatable bonds is 3. The number of amides is 2. The lowest BCUT2D eigenvalue weighted by Crippen LogP contribution is -2.51. The summed E-state index contributed by atoms with van der Waals surface area (Å²) in [6.07, 6.45) is 2.47. The Morgan fingerprint density at radius 3 is 2.81 bits per heavy atom. The zero-order valence-corrected chi connectivity index (χ0v) is 16.1. The third-order valence-corrected chi connectivity index (χ3v) is 6.36. The van der Waals surface area contributed by atoms with Gasteiger partial charge in [-0.05, 0) is 43.9 Å². The van der Waals surface area contributed by atoms with Gasteiger partial charge in [-0.1, -0.05) is 12.1 Å². The minimum absolute atomic E-state index is 0.00273. The van der Waals surface area contributed by atoms with E-state index in [1.807, 2.05) is 34.7 Å². The molecule has 0 radical (unpaired) electrons. The number of hydrogen-bond donors (Lipinski definition) is 1. The summed E-state index contributed by atoms with van der Waals surface area (Å²) >= 11 is 0. The number of fused-ring (bicyclic) bond motifs is 1. The normalized spacial score (nSPS) is 23.0. The van der Waals surface area contributed by atoms with Gasteiger partial charge in [0.1, 0.15) is 5.69 Å². The number of carbonyl (C=O) groups is 2. The number of piperidine rings is 1. The zero-order chi connectivity index (χ0) is 19.2. The third-order valence-electron chi connectivity index (χ3n) is 6.36. The van der Waals surface area contributed by atoms with Crippen LogP contribution in [0.2, 0.25) is 0 Å². The number of nitrogens with zero attached hydrogens (tertiary/aromatic N) is 3. The predicted molar refractivity (Wildman–Crippen MR) is 104 cm³/mol. The van der Waals surface area contributed by atoms with Crippen molar-refractivity contribution in [3.05, 3.63) is 35.5 Å². The van der Waals surface area contributed by atoms with Gasteiger partial charge in [0.25, 0.3) is 5.91 Å². The molecule has 3 heterocycles. The van der Waals surface area contributed by atoms with Gasteiger partial charge in [-0.25, -0.2) is 0 Å². The molecule has 0 aliphatic carbocycles. The average Bonchev–Trinajstić information content (AvgIpc) is 3.23. The highest BCUT2D eigenvalue weighted by Gasteiger charge is 2.49. The van der Waals surface area contributed by atoms with Crippen LogP contribution in [0, 0.1) is 12.3 Å². The van der Waals surface area contributed by atoms with Crippen LogP contribution in [0.5, 0.6) is 0 Å². The van der Waals surface area contributed by atoms with Gasteiger partial charge in [0.2, 0.25) is 5.91 Å². The summed E-state index contributed by atoms with van der Waals surface area (Å²) < 4.78 is 1.95. The first-order valence-electron chi connectivity index (χ1n) is 9.71. The van der Waals surface area contributed by atoms with Gasteiger partial charge in [-0.3, -0.25) is 9.59 Å². The average molecular weight is 369 g/mol. The van der Waals surface area contributed by atoms with Gasteiger partial charge in [0.15, 0.2) is 0 Å². The smallest absolute Gasteiger partial charge is 0.270 e. The van der Waals surface area contributed by atoms with E-state index in [9.17, 15) is 14.7 Å². The van der Waals surface area contributed by atoms with Gasteiger partial charge in [0, 0.05) is 44.1 Å². The summed E-state index contributed by atoms with van der Waals surface area (Å²) in [6.45, 7) is 4.22. The summed E-state index contributed by atoms with van der Waals surface area (Å²) in [7, 11) is 1.93. The molecule has 0 unspecified atom stereocenters. The highest BCUT2D eigenvalue weighted by molar-refractivity contribution is 6.00. The molecule has 2 aliphatic heterocycles. The second kappa shape index (κ2) is 6.68. The number of aliphatic hydroxyl groups excluding tert-OH is 1. The van der Waals surface area contributed by atoms with Crippen LogP contribution in [0.25, 0.3) is 10.9 Å². The minimum Gasteiger partial charge on any atom is -0.395 e. The van der Waals surface area contributed by atoms with Crippen molar-refractivity contribution < 1.29 is 14.7 Å². The molecule has 0 saturated carbocycles. The Morgan fingerprint density at radius 1 is 1.26 bits per heavy atom. The molecule has 1 spiro atoms. The standard InChI is InChI=1S/C21H27N3O3/c1-15-5-3-6-17-16(15)13-18(22(17)2)19(26)24-10-8-21(14-24)7-4-9-23(11-12-25)20(21)27/h3,5-6,13,25H,4,7-12,14H2,1-2H3/t21-/m1/s1. The first-order valence-corrected chi connectivity index (χ1v) is 9.71. The second-order valence-electron chi connectivity index (χ2n) is 7.97. The van der Waals surface area contributed by atoms with Crippen molar-refractivity contribution in [3.63, 3.8) is 0 Å². The molecule has 2 aliphatic rings. The molecule has 27 heavy (non-hydrogen) atoms. The summed E-state index contributed by atoms with van der Waals surface area (Å²) in [5.74, 6) is 0.100. The van der Waals surface area contributed by atoms with Crippen LogP contribution in [-0.4, -0.2) is 64.1 Å². The summed E-state index contributed by atoms with van der Waals surface area (Å²) in [4.78, 5) is 29.8. The maximum Gasteiger partial charge on any atom is 0.270 e. The Kier molecular flexibility index (Phi) is 4.46. The molecule has 144 valence electrons. The van der Waals surface area contributed by atoms with Crippen LogP contribution in [0.15, 0.2) is 24.3 Å². The molecule has 2 saturated heterocycles. The fraction of sp³-hybridized carbons (Fsp3) is 0.524. The molecule has 2 aromatic rings. The van der Waals surface area contributed by atoms with Crippen molar-refractivity contribution in [2.75, 3.05) is 32.8 Å². The van der Waals surface area contributed by atoms with E-state index in [0.29, 0.717) is 38.3 Å². The largest absolute Gasteiger partial charge is 0.395 e. The van der Waals surface area contributed by atoms with E-state index >= 15 is 0 Å². The molecular formula is C21H27N3O3. The monoisotopic (exact) mass is 369 g/mol. The summed E-state index contributed by atoms with van der Waals surface area (Å²) in [5.41, 5.74) is 2.41. The lowest BCUT2D eigenvalue weighted by Gasteiger charge is -2.39. The first kappa shape index (κ1) is 18.0. The van der Waals surface area contributed by atoms with Gasteiger partial charge < -0.3 is 19.5 Å². The van der Waals surface area contributed by atoms with Crippen molar-refractivity contribution in [2.24, 2.45) is 12.5 Å². The molecule has 2 fully saturated rings. The van der Waals surface area contributed by atoms with Crippen molar-refractivity contribution in [1.82, 2.24) is 14.4 Å². The number of aryl methyl sites for hydroxylation is 2. The molecule has 1 aromatic heterocycles. The fourth-order valence-corrected chi connectivity index (χ4v) is 4.79. The Labute approximate surface area is 159 Å². The molecule has 1 N–H and O–H groups in total. The number of likely N-dealkylation sites (tertiary alicyclic amines) is 2. The molecule has 1 aromatic carbocycles. The predicted octanol–water partition coefficient (Wildman–Crippen LogP) is 1.93. The first-order chi connectivity index (χ1) is 13.0. The molecule has 6 heteroatoms. The highest BCUT2D eigenvalue weighted by Crippen LogP contribution is 2.40. The molecular weight excluding hydrogens is 342 g/mol. The van der Waals surface area contributed by atoms with Crippen molar-refractivity contribution in [3.8, 4) is 0 Å². The van der Waals surface area contributed by atoms with Gasteiger partial charge >= 0.3 is 0 Å². The minimum atomic E-state index is -0.469. The van der Waals surface area contributed by atoms with Crippen LogP contribution in [0.3, 0.4) is 0 Å². The van der Waals surface area contributed by atoms with E-state index in [-0.39, 0.29) is 18.4 Å². The fourth-order valence-electron chi connectivity index (χ4n) is 4.79. The van der Waals surface area contributed by atoms with Gasteiger partial charge in [-0.15, -0.1) is 0 Å². The Morgan fingerprint density at radius 2 is 2.07 bits per heavy atom. The number of carbonyl (C=O) groups excluding carboxylic acids is 2. The Bertz CT molecular complexity index is 901. The third kappa shape index (κ3) is 2.83. The zero-order valence-electron chi connectivity index (χ0n) is 16.1. The van der Waals surface area contributed by atoms with Crippen LogP contribution >= 0.6 is 0 Å². The maximum atomic E-state index is 13.2. The highest BCUT2D eigenvalue weighted by atomic mass is 16.3. The van der Waals surface area contributed by atoms with E-state index in [2.05, 4.69) is 13.0 Å². The van der Waals surface area contributed by atoms with Gasteiger partial charge in [0.05, 0.1) is 12.0 Å². The van der Waals surface area contributed by atoms with Crippen molar-refractivity contribution >= 4 is 22.7 Å². The molecule has 4 rings (SSSR count). The van der Waals surface area contributed by atoms with Gasteiger partial charge in [-0.2, -0.15) is 0 Å². The lowest BCUT2D eigenvalue weighted by atomic mass is 9.78. The number of benzene rings is 1. The Hall–Kier alpha value is -2.34. The number of hydrogen-bond acceptors (Lipinski definition) is 3. The molecule has 2 amide bonds. The van der Waals surface area contributed by atoms with E-state index in [0.717, 1.165) is 29.3 Å². The lowest BCUT2D eigenvalue weighted by molar-refractivity contribution is -0.146. The van der Waals surface area contributed by atoms with E-state index in [4.69, 9.17) is 0 Å². The quantitative estimate of drug-likeness (QED) is 0.899. The van der Waals surface area contributed by atoms with Crippen LogP contribution in [-0.2, 0) is 11.8 Å². The summed E-state index contributed by atoms with van der Waals surface area (Å²) in [5, 5.41) is 10.3. The van der Waals surface area contributed by atoms with Crippen LogP contribution < -0.4 is 0 Å². The van der Waals surface area contributed by atoms with Crippen LogP contribution in [0.1, 0.15) is 35.3 Å². The summed E-state index contributed by atoms with van der Waals surface area (Å²) in [6, 6.07) is 8.06. The molecule has 0 bridgehead atoms. The Balaban J connectivity index is 1.59. The van der Waals surface area contributed by atoms with E-state index in [1.54, 1.807) is 4.90 Å². The van der Waals surface area contributed by atoms with Crippen molar-refractivity contribution in [1.29, 1.82) is 0 Å². The second-order valence-corrected chi connectivity index (χ2v) is 7.97. The van der Waals surface area contributed by atoms with Crippen LogP contribution in [0.4, 0.5) is 0 Å². The molecule has 6 nitrogen and oxygen atoms in total. The van der Waals surface area contributed by atoms with Crippen molar-refractivity contribution in [2.45, 2.75) is 26.2 Å². The molecule has 1 atom stereocenters. The number of aromatic nitrogens is 1. The topological polar surface area (TPSA) is 65.8 Å². The number of aliphatic hydroxyl groups is 1. The SMILES string of the molecule is Cc1cccc2c1cc(C(=O)N1CC[C@]3(CCCN(CCO)C3=O)C1)n2C. The maximum absolute atomic E-state index is 13.2. The van der Waals surface area contributed by atoms with E-state index < -0.39 is 5.41 Å².